The Morgan fingerprint density at radius 1 is 1.00 bits per heavy atom. The number of hydrogen-bond donors (Lipinski definition) is 0. The molecule has 0 aromatic heterocycles. The maximum absolute atomic E-state index is 8.12. The summed E-state index contributed by atoms with van der Waals surface area (Å²) in [6, 6.07) is 24.4. The largest absolute Gasteiger partial charge is 0.494 e. The molecule has 0 aliphatic heterocycles. The van der Waals surface area contributed by atoms with Gasteiger partial charge in [-0.1, -0.05) is 68.4 Å². The minimum absolute atomic E-state index is 0.250. The van der Waals surface area contributed by atoms with Crippen molar-refractivity contribution in [3.63, 3.8) is 0 Å². The van der Waals surface area contributed by atoms with E-state index in [9.17, 15) is 0 Å². The molecule has 3 nitrogen and oxygen atoms in total. The fourth-order valence-corrected chi connectivity index (χ4v) is 4.98. The van der Waals surface area contributed by atoms with E-state index in [-0.39, 0.29) is 6.15 Å². The van der Waals surface area contributed by atoms with Crippen LogP contribution in [0.1, 0.15) is 68.9 Å². The summed E-state index contributed by atoms with van der Waals surface area (Å²) in [5.74, 6) is 3.15. The van der Waals surface area contributed by atoms with Gasteiger partial charge in [0.15, 0.2) is 0 Å². The molecule has 3 heteroatoms. The zero-order valence-electron chi connectivity index (χ0n) is 18.6. The molecule has 0 N–H and O–H groups in total. The smallest absolute Gasteiger partial charge is 0.373 e. The van der Waals surface area contributed by atoms with Crippen LogP contribution in [0.2, 0.25) is 0 Å². The van der Waals surface area contributed by atoms with Gasteiger partial charge in [-0.25, -0.2) is 0 Å². The van der Waals surface area contributed by atoms with Crippen molar-refractivity contribution in [3.05, 3.63) is 77.9 Å². The van der Waals surface area contributed by atoms with E-state index < -0.39 is 0 Å². The molecule has 1 aliphatic rings. The van der Waals surface area contributed by atoms with Crippen molar-refractivity contribution in [2.24, 2.45) is 5.92 Å². The molecule has 1 aliphatic carbocycles. The number of hydrogen-bond acceptors (Lipinski definition) is 3. The molecule has 3 aromatic carbocycles. The van der Waals surface area contributed by atoms with Crippen LogP contribution >= 0.6 is 0 Å². The highest BCUT2D eigenvalue weighted by molar-refractivity contribution is 5.86. The van der Waals surface area contributed by atoms with E-state index in [0.29, 0.717) is 11.8 Å². The van der Waals surface area contributed by atoms with Crippen LogP contribution in [0.25, 0.3) is 10.8 Å². The topological polar surface area (TPSA) is 43.4 Å². The predicted molar refractivity (Wildman–Crippen MR) is 124 cm³/mol. The van der Waals surface area contributed by atoms with Gasteiger partial charge in [0.05, 0.1) is 6.61 Å². The second-order valence-corrected chi connectivity index (χ2v) is 8.59. The van der Waals surface area contributed by atoms with Crippen LogP contribution in [-0.4, -0.2) is 12.8 Å². The number of benzene rings is 3. The van der Waals surface area contributed by atoms with Gasteiger partial charge >= 0.3 is 6.15 Å². The van der Waals surface area contributed by atoms with Crippen molar-refractivity contribution in [2.75, 3.05) is 6.61 Å². The van der Waals surface area contributed by atoms with Gasteiger partial charge in [-0.05, 0) is 83.9 Å². The molecular formula is C28H32O3. The Morgan fingerprint density at radius 3 is 2.55 bits per heavy atom. The molecule has 3 atom stereocenters. The Balaban J connectivity index is 0.000000858. The zero-order chi connectivity index (χ0) is 22.1. The molecule has 0 radical (unpaired) electrons. The van der Waals surface area contributed by atoms with Gasteiger partial charge in [0.2, 0.25) is 0 Å². The molecule has 0 saturated heterocycles. The Kier molecular flexibility index (Phi) is 8.44. The van der Waals surface area contributed by atoms with Crippen molar-refractivity contribution in [3.8, 4) is 5.75 Å². The van der Waals surface area contributed by atoms with Gasteiger partial charge in [-0.15, -0.1) is 0 Å². The highest BCUT2D eigenvalue weighted by Gasteiger charge is 2.27. The third-order valence-corrected chi connectivity index (χ3v) is 6.38. The van der Waals surface area contributed by atoms with Crippen molar-refractivity contribution in [2.45, 2.75) is 57.8 Å². The lowest BCUT2D eigenvalue weighted by Gasteiger charge is -2.19. The molecule has 0 amide bonds. The van der Waals surface area contributed by atoms with Gasteiger partial charge in [0.1, 0.15) is 5.75 Å². The van der Waals surface area contributed by atoms with Crippen molar-refractivity contribution >= 4 is 16.9 Å². The van der Waals surface area contributed by atoms with E-state index in [1.165, 1.54) is 47.6 Å². The minimum Gasteiger partial charge on any atom is -0.494 e. The second kappa shape index (κ2) is 11.5. The quantitative estimate of drug-likeness (QED) is 0.412. The minimum atomic E-state index is 0.250. The summed E-state index contributed by atoms with van der Waals surface area (Å²) in [6.07, 6.45) is 6.56. The Morgan fingerprint density at radius 2 is 1.74 bits per heavy atom. The lowest BCUT2D eigenvalue weighted by atomic mass is 9.86. The van der Waals surface area contributed by atoms with Gasteiger partial charge in [0.25, 0.3) is 0 Å². The van der Waals surface area contributed by atoms with Gasteiger partial charge < -0.3 is 4.74 Å². The zero-order valence-corrected chi connectivity index (χ0v) is 18.6. The first-order chi connectivity index (χ1) is 15.2. The molecule has 162 valence electrons. The third kappa shape index (κ3) is 6.06. The van der Waals surface area contributed by atoms with E-state index in [1.54, 1.807) is 0 Å². The van der Waals surface area contributed by atoms with Crippen LogP contribution in [0.5, 0.6) is 5.75 Å². The molecule has 31 heavy (non-hydrogen) atoms. The van der Waals surface area contributed by atoms with E-state index in [4.69, 9.17) is 14.3 Å². The molecule has 1 saturated carbocycles. The summed E-state index contributed by atoms with van der Waals surface area (Å²) in [6.45, 7) is 5.37. The van der Waals surface area contributed by atoms with Crippen LogP contribution in [-0.2, 0) is 9.59 Å². The maximum Gasteiger partial charge on any atom is 0.373 e. The molecule has 0 spiro atoms. The summed E-state index contributed by atoms with van der Waals surface area (Å²) >= 11 is 0. The normalized spacial score (nSPS) is 18.6. The Labute approximate surface area is 185 Å². The van der Waals surface area contributed by atoms with Gasteiger partial charge in [-0.3, -0.25) is 0 Å². The average Bonchev–Trinajstić information content (AvgIpc) is 3.26. The van der Waals surface area contributed by atoms with Gasteiger partial charge in [-0.2, -0.15) is 9.59 Å². The standard InChI is InChI=1S/C27H32O.CO2/c1-3-16-28-25-11-6-10-23(19-25)24-15-14-21(18-24)17-20(2)26-13-7-9-22-8-4-5-12-27(22)26;2-1-3/h4-13,19-21,24H,3,14-18H2,1-2H3;/t20-,21+,24+;/m0./s1. The van der Waals surface area contributed by atoms with E-state index in [2.05, 4.69) is 80.6 Å². The molecule has 0 heterocycles. The molecule has 1 fully saturated rings. The lowest BCUT2D eigenvalue weighted by Crippen LogP contribution is -2.03. The Bertz CT molecular complexity index is 999. The fourth-order valence-electron chi connectivity index (χ4n) is 4.98. The SMILES string of the molecule is CCCOc1cccc([C@@H]2CC[C@H](C[C@H](C)c3cccc4ccccc34)C2)c1.O=C=O. The first-order valence-electron chi connectivity index (χ1n) is 11.4. The summed E-state index contributed by atoms with van der Waals surface area (Å²) in [5, 5.41) is 2.79. The first-order valence-corrected chi connectivity index (χ1v) is 11.4. The average molecular weight is 417 g/mol. The summed E-state index contributed by atoms with van der Waals surface area (Å²) < 4.78 is 5.85. The molecule has 0 unspecified atom stereocenters. The lowest BCUT2D eigenvalue weighted by molar-refractivity contribution is -0.191. The molecule has 0 bridgehead atoms. The van der Waals surface area contributed by atoms with Crippen LogP contribution in [0.4, 0.5) is 0 Å². The number of fused-ring (bicyclic) bond motifs is 1. The number of carbonyl (C=O) groups excluding carboxylic acids is 2. The predicted octanol–water partition coefficient (Wildman–Crippen LogP) is 7.12. The summed E-state index contributed by atoms with van der Waals surface area (Å²) in [7, 11) is 0. The highest BCUT2D eigenvalue weighted by atomic mass is 16.5. The third-order valence-electron chi connectivity index (χ3n) is 6.38. The van der Waals surface area contributed by atoms with Crippen molar-refractivity contribution in [1.29, 1.82) is 0 Å². The summed E-state index contributed by atoms with van der Waals surface area (Å²) in [4.78, 5) is 16.2. The van der Waals surface area contributed by atoms with Crippen LogP contribution in [0.15, 0.2) is 66.7 Å². The highest BCUT2D eigenvalue weighted by Crippen LogP contribution is 2.43. The molecule has 4 rings (SSSR count). The number of rotatable bonds is 7. The van der Waals surface area contributed by atoms with Gasteiger partial charge in [0, 0.05) is 0 Å². The maximum atomic E-state index is 8.12. The van der Waals surface area contributed by atoms with E-state index >= 15 is 0 Å². The van der Waals surface area contributed by atoms with E-state index in [0.717, 1.165) is 24.7 Å². The van der Waals surface area contributed by atoms with Crippen molar-refractivity contribution < 1.29 is 14.3 Å². The molecule has 3 aromatic rings. The second-order valence-electron chi connectivity index (χ2n) is 8.59. The molecular weight excluding hydrogens is 384 g/mol. The van der Waals surface area contributed by atoms with E-state index in [1.807, 2.05) is 0 Å². The number of ether oxygens (including phenoxy) is 1. The summed E-state index contributed by atoms with van der Waals surface area (Å²) in [5.41, 5.74) is 2.98. The monoisotopic (exact) mass is 416 g/mol. The van der Waals surface area contributed by atoms with Crippen LogP contribution < -0.4 is 4.74 Å². The van der Waals surface area contributed by atoms with Crippen molar-refractivity contribution in [1.82, 2.24) is 0 Å². The first kappa shape index (κ1) is 22.8. The van der Waals surface area contributed by atoms with Crippen LogP contribution in [0.3, 0.4) is 0 Å². The fraction of sp³-hybridized carbons (Fsp3) is 0.393. The van der Waals surface area contributed by atoms with Crippen LogP contribution in [0, 0.1) is 5.92 Å². The Hall–Kier alpha value is -2.90.